The lowest BCUT2D eigenvalue weighted by Crippen LogP contribution is -1.76. The molecular formula is C4H5BO. The minimum atomic E-state index is 0.171. The molecular weight excluding hydrogens is 74.9 g/mol. The molecule has 0 rings (SSSR count). The summed E-state index contributed by atoms with van der Waals surface area (Å²) >= 11 is 0. The average Bonchev–Trinajstić information content (AvgIpc) is 1.35. The van der Waals surface area contributed by atoms with Gasteiger partial charge in [-0.25, -0.2) is 0 Å². The molecule has 0 aromatic carbocycles. The van der Waals surface area contributed by atoms with Gasteiger partial charge in [0.1, 0.15) is 0 Å². The smallest absolute Gasteiger partial charge is 0.166 e. The van der Waals surface area contributed by atoms with Crippen molar-refractivity contribution in [3.8, 4) is 0 Å². The summed E-state index contributed by atoms with van der Waals surface area (Å²) in [6, 6.07) is 0. The Morgan fingerprint density at radius 2 is 2.33 bits per heavy atom. The molecule has 1 nitrogen and oxygen atoms in total. The predicted molar refractivity (Wildman–Crippen MR) is 26.2 cm³/mol. The Morgan fingerprint density at radius 1 is 1.83 bits per heavy atom. The molecule has 0 aliphatic rings. The first-order valence-corrected chi connectivity index (χ1v) is 1.49. The summed E-state index contributed by atoms with van der Waals surface area (Å²) in [5.41, 5.74) is 0.171. The topological polar surface area (TPSA) is 9.23 Å². The van der Waals surface area contributed by atoms with E-state index in [1.165, 1.54) is 6.26 Å². The Bertz CT molecular complexity index is 67.9. The van der Waals surface area contributed by atoms with Crippen molar-refractivity contribution in [3.05, 3.63) is 25.1 Å². The predicted octanol–water partition coefficient (Wildman–Crippen LogP) is 0.786. The van der Waals surface area contributed by atoms with Crippen molar-refractivity contribution >= 4 is 7.85 Å². The molecule has 0 N–H and O–H groups in total. The summed E-state index contributed by atoms with van der Waals surface area (Å²) in [6.45, 7) is 6.47. The molecule has 0 spiro atoms. The zero-order valence-corrected chi connectivity index (χ0v) is 3.48. The number of ether oxygens (including phenoxy) is 1. The third kappa shape index (κ3) is 3.34. The van der Waals surface area contributed by atoms with Crippen molar-refractivity contribution < 1.29 is 4.74 Å². The lowest BCUT2D eigenvalue weighted by Gasteiger charge is -1.90. The van der Waals surface area contributed by atoms with Gasteiger partial charge in [-0.2, -0.15) is 0 Å². The minimum Gasteiger partial charge on any atom is -0.482 e. The Labute approximate surface area is 38.7 Å². The molecule has 0 unspecified atom stereocenters. The molecule has 2 heteroatoms. The summed E-state index contributed by atoms with van der Waals surface area (Å²) in [7, 11) is 4.92. The molecule has 0 heterocycles. The van der Waals surface area contributed by atoms with Gasteiger partial charge < -0.3 is 4.74 Å². The zero-order chi connectivity index (χ0) is 4.99. The summed E-state index contributed by atoms with van der Waals surface area (Å²) in [6.07, 6.45) is 1.22. The van der Waals surface area contributed by atoms with Crippen LogP contribution in [0.2, 0.25) is 0 Å². The molecule has 0 amide bonds. The Balaban J connectivity index is 3.05. The van der Waals surface area contributed by atoms with Gasteiger partial charge in [-0.1, -0.05) is 13.2 Å². The Hall–Kier alpha value is -0.655. The first-order valence-electron chi connectivity index (χ1n) is 1.49. The molecule has 0 aliphatic heterocycles. The van der Waals surface area contributed by atoms with Crippen LogP contribution >= 0.6 is 0 Å². The molecule has 6 heavy (non-hydrogen) atoms. The van der Waals surface area contributed by atoms with Crippen LogP contribution in [0.25, 0.3) is 0 Å². The fraction of sp³-hybridized carbons (Fsp3) is 0. The van der Waals surface area contributed by atoms with E-state index in [4.69, 9.17) is 7.85 Å². The highest BCUT2D eigenvalue weighted by atomic mass is 16.5. The molecule has 0 bridgehead atoms. The van der Waals surface area contributed by atoms with Crippen LogP contribution in [0.3, 0.4) is 0 Å². The third-order valence-corrected chi connectivity index (χ3v) is 0.235. The normalized spacial score (nSPS) is 6.67. The molecule has 2 radical (unpaired) electrons. The minimum absolute atomic E-state index is 0.171. The fourth-order valence-electron chi connectivity index (χ4n) is 0.107. The van der Waals surface area contributed by atoms with Crippen LogP contribution in [0, 0.1) is 0 Å². The summed E-state index contributed by atoms with van der Waals surface area (Å²) in [5, 5.41) is 0. The number of rotatable bonds is 2. The molecule has 0 saturated heterocycles. The SMILES string of the molecule is [B]C(=C)OC=C. The maximum Gasteiger partial charge on any atom is 0.166 e. The van der Waals surface area contributed by atoms with Crippen LogP contribution in [-0.2, 0) is 4.74 Å². The monoisotopic (exact) mass is 80.0 g/mol. The van der Waals surface area contributed by atoms with Gasteiger partial charge in [-0.15, -0.1) is 0 Å². The van der Waals surface area contributed by atoms with Gasteiger partial charge in [-0.05, 0) is 0 Å². The van der Waals surface area contributed by atoms with E-state index in [-0.39, 0.29) is 5.66 Å². The van der Waals surface area contributed by atoms with Crippen molar-refractivity contribution in [1.82, 2.24) is 0 Å². The van der Waals surface area contributed by atoms with Crippen LogP contribution < -0.4 is 0 Å². The fourth-order valence-corrected chi connectivity index (χ4v) is 0.107. The summed E-state index contributed by atoms with van der Waals surface area (Å²) in [5.74, 6) is 0. The highest BCUT2D eigenvalue weighted by Crippen LogP contribution is 1.81. The average molecular weight is 79.9 g/mol. The van der Waals surface area contributed by atoms with E-state index in [1.54, 1.807) is 0 Å². The van der Waals surface area contributed by atoms with E-state index in [2.05, 4.69) is 17.9 Å². The van der Waals surface area contributed by atoms with Gasteiger partial charge in [-0.3, -0.25) is 0 Å². The summed E-state index contributed by atoms with van der Waals surface area (Å²) in [4.78, 5) is 0. The highest BCUT2D eigenvalue weighted by Gasteiger charge is 1.69. The highest BCUT2D eigenvalue weighted by molar-refractivity contribution is 6.19. The first kappa shape index (κ1) is 5.34. The van der Waals surface area contributed by atoms with Crippen molar-refractivity contribution in [2.24, 2.45) is 0 Å². The quantitative estimate of drug-likeness (QED) is 0.352. The third-order valence-electron chi connectivity index (χ3n) is 0.235. The van der Waals surface area contributed by atoms with Gasteiger partial charge in [0, 0.05) is 5.66 Å². The van der Waals surface area contributed by atoms with E-state index in [0.717, 1.165) is 0 Å². The maximum absolute atomic E-state index is 4.92. The van der Waals surface area contributed by atoms with Crippen molar-refractivity contribution in [2.45, 2.75) is 0 Å². The molecule has 0 aliphatic carbocycles. The van der Waals surface area contributed by atoms with Crippen LogP contribution in [-0.4, -0.2) is 7.85 Å². The van der Waals surface area contributed by atoms with E-state index in [1.807, 2.05) is 0 Å². The molecule has 0 atom stereocenters. The molecule has 0 fully saturated rings. The molecule has 0 aromatic heterocycles. The van der Waals surface area contributed by atoms with Crippen LogP contribution in [0.4, 0.5) is 0 Å². The lowest BCUT2D eigenvalue weighted by atomic mass is 10.1. The van der Waals surface area contributed by atoms with Crippen molar-refractivity contribution in [3.63, 3.8) is 0 Å². The second-order valence-corrected chi connectivity index (χ2v) is 0.751. The Morgan fingerprint density at radius 3 is 2.33 bits per heavy atom. The van der Waals surface area contributed by atoms with Crippen LogP contribution in [0.5, 0.6) is 0 Å². The molecule has 30 valence electrons. The van der Waals surface area contributed by atoms with Gasteiger partial charge in [0.25, 0.3) is 0 Å². The summed E-state index contributed by atoms with van der Waals surface area (Å²) < 4.78 is 4.39. The van der Waals surface area contributed by atoms with Gasteiger partial charge in [0.05, 0.1) is 6.26 Å². The Kier molecular flexibility index (Phi) is 2.29. The maximum atomic E-state index is 4.92. The largest absolute Gasteiger partial charge is 0.482 e. The molecule has 0 aromatic rings. The lowest BCUT2D eigenvalue weighted by molar-refractivity contribution is 0.388. The van der Waals surface area contributed by atoms with E-state index in [0.29, 0.717) is 0 Å². The number of hydrogen-bond acceptors (Lipinski definition) is 1. The van der Waals surface area contributed by atoms with Crippen molar-refractivity contribution in [2.75, 3.05) is 0 Å². The second kappa shape index (κ2) is 2.58. The molecule has 0 saturated carbocycles. The van der Waals surface area contributed by atoms with E-state index >= 15 is 0 Å². The van der Waals surface area contributed by atoms with Crippen molar-refractivity contribution in [1.29, 1.82) is 0 Å². The standard InChI is InChI=1S/C4H5BO/c1-3-6-4(2)5/h3H,1-2H2. The number of hydrogen-bond donors (Lipinski definition) is 0. The van der Waals surface area contributed by atoms with Gasteiger partial charge in [0.15, 0.2) is 7.85 Å². The van der Waals surface area contributed by atoms with Gasteiger partial charge >= 0.3 is 0 Å². The van der Waals surface area contributed by atoms with Crippen LogP contribution in [0.1, 0.15) is 0 Å². The van der Waals surface area contributed by atoms with E-state index in [9.17, 15) is 0 Å². The zero-order valence-electron chi connectivity index (χ0n) is 3.48. The van der Waals surface area contributed by atoms with E-state index < -0.39 is 0 Å². The van der Waals surface area contributed by atoms with Gasteiger partial charge in [0.2, 0.25) is 0 Å². The van der Waals surface area contributed by atoms with Crippen LogP contribution in [0.15, 0.2) is 25.1 Å². The first-order chi connectivity index (χ1) is 2.77. The second-order valence-electron chi connectivity index (χ2n) is 0.751.